The topological polar surface area (TPSA) is 58.6 Å². The first-order chi connectivity index (χ1) is 9.85. The molecule has 1 aliphatic heterocycles. The van der Waals surface area contributed by atoms with Crippen LogP contribution in [-0.2, 0) is 4.74 Å². The van der Waals surface area contributed by atoms with Crippen molar-refractivity contribution in [3.05, 3.63) is 22.4 Å². The lowest BCUT2D eigenvalue weighted by atomic mass is 10.1. The Kier molecular flexibility index (Phi) is 4.88. The number of carbonyl (C=O) groups excluding carboxylic acids is 2. The van der Waals surface area contributed by atoms with E-state index in [0.29, 0.717) is 19.0 Å². The van der Waals surface area contributed by atoms with Gasteiger partial charge in [0.05, 0.1) is 5.56 Å². The Hall–Kier alpha value is -1.56. The maximum atomic E-state index is 12.2. The van der Waals surface area contributed by atoms with Crippen molar-refractivity contribution in [1.82, 2.24) is 10.2 Å². The van der Waals surface area contributed by atoms with E-state index in [-0.39, 0.29) is 5.91 Å². The van der Waals surface area contributed by atoms with Crippen LogP contribution in [0.2, 0.25) is 0 Å². The fourth-order valence-electron chi connectivity index (χ4n) is 2.29. The molecule has 0 bridgehead atoms. The van der Waals surface area contributed by atoms with Gasteiger partial charge in [-0.25, -0.2) is 4.79 Å². The standard InChI is InChI=1S/C15H22N2O3S/c1-15(2,3)20-14(19)16-8-11-4-6-17(9-11)13(18)12-5-7-21-10-12/h5,7,10-11H,4,6,8-9H2,1-3H3,(H,16,19)/t11-/m0/s1. The van der Waals surface area contributed by atoms with E-state index in [0.717, 1.165) is 18.5 Å². The molecule has 0 radical (unpaired) electrons. The van der Waals surface area contributed by atoms with Gasteiger partial charge in [-0.15, -0.1) is 0 Å². The summed E-state index contributed by atoms with van der Waals surface area (Å²) in [7, 11) is 0. The van der Waals surface area contributed by atoms with Gasteiger partial charge in [0, 0.05) is 25.0 Å². The van der Waals surface area contributed by atoms with Crippen LogP contribution >= 0.6 is 11.3 Å². The normalized spacial score (nSPS) is 18.6. The van der Waals surface area contributed by atoms with E-state index in [1.807, 2.05) is 42.5 Å². The van der Waals surface area contributed by atoms with Crippen molar-refractivity contribution < 1.29 is 14.3 Å². The summed E-state index contributed by atoms with van der Waals surface area (Å²) in [6, 6.07) is 1.85. The van der Waals surface area contributed by atoms with Crippen molar-refractivity contribution in [1.29, 1.82) is 0 Å². The summed E-state index contributed by atoms with van der Waals surface area (Å²) in [5, 5.41) is 6.56. The molecule has 0 spiro atoms. The van der Waals surface area contributed by atoms with Crippen LogP contribution in [0, 0.1) is 5.92 Å². The lowest BCUT2D eigenvalue weighted by molar-refractivity contribution is 0.0520. The molecule has 1 aromatic heterocycles. The van der Waals surface area contributed by atoms with Crippen molar-refractivity contribution in [2.24, 2.45) is 5.92 Å². The first-order valence-electron chi connectivity index (χ1n) is 7.13. The summed E-state index contributed by atoms with van der Waals surface area (Å²) in [6.07, 6.45) is 0.510. The summed E-state index contributed by atoms with van der Waals surface area (Å²) in [5.41, 5.74) is 0.265. The zero-order chi connectivity index (χ0) is 15.5. The van der Waals surface area contributed by atoms with Gasteiger partial charge in [-0.05, 0) is 44.6 Å². The smallest absolute Gasteiger partial charge is 0.407 e. The number of thiophene rings is 1. The van der Waals surface area contributed by atoms with Crippen LogP contribution in [0.15, 0.2) is 16.8 Å². The Morgan fingerprint density at radius 1 is 1.48 bits per heavy atom. The predicted molar refractivity (Wildman–Crippen MR) is 82.6 cm³/mol. The molecule has 116 valence electrons. The van der Waals surface area contributed by atoms with Crippen molar-refractivity contribution in [3.63, 3.8) is 0 Å². The van der Waals surface area contributed by atoms with Crippen LogP contribution in [0.1, 0.15) is 37.6 Å². The van der Waals surface area contributed by atoms with E-state index < -0.39 is 11.7 Å². The van der Waals surface area contributed by atoms with Gasteiger partial charge in [0.15, 0.2) is 0 Å². The van der Waals surface area contributed by atoms with Gasteiger partial charge in [-0.2, -0.15) is 11.3 Å². The summed E-state index contributed by atoms with van der Waals surface area (Å²) < 4.78 is 5.20. The first kappa shape index (κ1) is 15.8. The molecule has 2 rings (SSSR count). The number of likely N-dealkylation sites (tertiary alicyclic amines) is 1. The lowest BCUT2D eigenvalue weighted by Crippen LogP contribution is -2.36. The van der Waals surface area contributed by atoms with Crippen molar-refractivity contribution in [2.75, 3.05) is 19.6 Å². The highest BCUT2D eigenvalue weighted by Gasteiger charge is 2.27. The zero-order valence-corrected chi connectivity index (χ0v) is 13.5. The molecule has 2 heterocycles. The molecule has 5 nitrogen and oxygen atoms in total. The number of amides is 2. The number of alkyl carbamates (subject to hydrolysis) is 1. The predicted octanol–water partition coefficient (Wildman–Crippen LogP) is 2.73. The average Bonchev–Trinajstić information content (AvgIpc) is 3.05. The molecule has 1 N–H and O–H groups in total. The van der Waals surface area contributed by atoms with Gasteiger partial charge in [-0.1, -0.05) is 0 Å². The van der Waals surface area contributed by atoms with E-state index in [4.69, 9.17) is 4.74 Å². The van der Waals surface area contributed by atoms with E-state index in [1.54, 1.807) is 0 Å². The number of ether oxygens (including phenoxy) is 1. The van der Waals surface area contributed by atoms with Crippen molar-refractivity contribution in [3.8, 4) is 0 Å². The average molecular weight is 310 g/mol. The molecule has 1 aromatic rings. The highest BCUT2D eigenvalue weighted by molar-refractivity contribution is 7.08. The molecule has 21 heavy (non-hydrogen) atoms. The summed E-state index contributed by atoms with van der Waals surface area (Å²) in [5.74, 6) is 0.371. The second-order valence-corrected chi connectivity index (χ2v) is 7.08. The van der Waals surface area contributed by atoms with Crippen LogP contribution < -0.4 is 5.32 Å². The monoisotopic (exact) mass is 310 g/mol. The summed E-state index contributed by atoms with van der Waals surface area (Å²) >= 11 is 1.53. The third-order valence-corrected chi connectivity index (χ3v) is 3.96. The molecule has 2 amide bonds. The largest absolute Gasteiger partial charge is 0.444 e. The van der Waals surface area contributed by atoms with E-state index >= 15 is 0 Å². The Morgan fingerprint density at radius 3 is 2.86 bits per heavy atom. The minimum absolute atomic E-state index is 0.0796. The van der Waals surface area contributed by atoms with E-state index in [9.17, 15) is 9.59 Å². The summed E-state index contributed by atoms with van der Waals surface area (Å²) in [4.78, 5) is 25.7. The molecule has 1 saturated heterocycles. The molecular weight excluding hydrogens is 288 g/mol. The maximum absolute atomic E-state index is 12.2. The Bertz CT molecular complexity index is 494. The number of carbonyl (C=O) groups is 2. The van der Waals surface area contributed by atoms with Gasteiger partial charge in [0.25, 0.3) is 5.91 Å². The van der Waals surface area contributed by atoms with Crippen LogP contribution in [0.3, 0.4) is 0 Å². The highest BCUT2D eigenvalue weighted by Crippen LogP contribution is 2.19. The third kappa shape index (κ3) is 4.74. The molecule has 1 aliphatic rings. The number of hydrogen-bond donors (Lipinski definition) is 1. The second kappa shape index (κ2) is 6.47. The number of rotatable bonds is 3. The van der Waals surface area contributed by atoms with Crippen LogP contribution in [0.5, 0.6) is 0 Å². The number of nitrogens with one attached hydrogen (secondary N) is 1. The van der Waals surface area contributed by atoms with Gasteiger partial charge < -0.3 is 15.0 Å². The molecule has 1 fully saturated rings. The molecule has 0 aliphatic carbocycles. The first-order valence-corrected chi connectivity index (χ1v) is 8.08. The fraction of sp³-hybridized carbons (Fsp3) is 0.600. The van der Waals surface area contributed by atoms with Gasteiger partial charge in [0.2, 0.25) is 0 Å². The molecule has 0 unspecified atom stereocenters. The van der Waals surface area contributed by atoms with Gasteiger partial charge in [-0.3, -0.25) is 4.79 Å². The third-order valence-electron chi connectivity index (χ3n) is 3.28. The maximum Gasteiger partial charge on any atom is 0.407 e. The second-order valence-electron chi connectivity index (χ2n) is 6.30. The number of nitrogens with zero attached hydrogens (tertiary/aromatic N) is 1. The molecule has 0 aromatic carbocycles. The van der Waals surface area contributed by atoms with Crippen LogP contribution in [0.25, 0.3) is 0 Å². The quantitative estimate of drug-likeness (QED) is 0.934. The lowest BCUT2D eigenvalue weighted by Gasteiger charge is -2.21. The van der Waals surface area contributed by atoms with Crippen LogP contribution in [-0.4, -0.2) is 42.1 Å². The molecule has 1 atom stereocenters. The highest BCUT2D eigenvalue weighted by atomic mass is 32.1. The minimum atomic E-state index is -0.485. The van der Waals surface area contributed by atoms with E-state index in [2.05, 4.69) is 5.32 Å². The molecular formula is C15H22N2O3S. The molecule has 0 saturated carbocycles. The Morgan fingerprint density at radius 2 is 2.24 bits per heavy atom. The SMILES string of the molecule is CC(C)(C)OC(=O)NC[C@@H]1CCN(C(=O)c2ccsc2)C1. The Balaban J connectivity index is 1.76. The van der Waals surface area contributed by atoms with Crippen molar-refractivity contribution in [2.45, 2.75) is 32.8 Å². The minimum Gasteiger partial charge on any atom is -0.444 e. The fourth-order valence-corrected chi connectivity index (χ4v) is 2.92. The van der Waals surface area contributed by atoms with Gasteiger partial charge in [0.1, 0.15) is 5.60 Å². The van der Waals surface area contributed by atoms with Crippen molar-refractivity contribution >= 4 is 23.3 Å². The van der Waals surface area contributed by atoms with Crippen LogP contribution in [0.4, 0.5) is 4.79 Å². The number of hydrogen-bond acceptors (Lipinski definition) is 4. The summed E-state index contributed by atoms with van der Waals surface area (Å²) in [6.45, 7) is 7.48. The molecule has 6 heteroatoms. The van der Waals surface area contributed by atoms with E-state index in [1.165, 1.54) is 11.3 Å². The zero-order valence-electron chi connectivity index (χ0n) is 12.7. The Labute approximate surface area is 129 Å². The van der Waals surface area contributed by atoms with Gasteiger partial charge >= 0.3 is 6.09 Å².